The quantitative estimate of drug-likeness (QED) is 0.889. The van der Waals surface area contributed by atoms with E-state index in [9.17, 15) is 0 Å². The van der Waals surface area contributed by atoms with Crippen LogP contribution >= 0.6 is 27.3 Å². The van der Waals surface area contributed by atoms with Crippen molar-refractivity contribution in [3.05, 3.63) is 49.1 Å². The highest BCUT2D eigenvalue weighted by atomic mass is 79.9. The summed E-state index contributed by atoms with van der Waals surface area (Å²) in [5.41, 5.74) is 10.4. The van der Waals surface area contributed by atoms with Crippen molar-refractivity contribution < 1.29 is 4.74 Å². The number of halogens is 1. The van der Waals surface area contributed by atoms with Gasteiger partial charge in [-0.3, -0.25) is 0 Å². The molecule has 1 aliphatic carbocycles. The summed E-state index contributed by atoms with van der Waals surface area (Å²) < 4.78 is 6.90. The molecule has 4 heteroatoms. The van der Waals surface area contributed by atoms with Crippen molar-refractivity contribution in [2.75, 3.05) is 6.61 Å². The van der Waals surface area contributed by atoms with Crippen LogP contribution in [0.25, 0.3) is 0 Å². The number of thiophene rings is 1. The molecule has 0 fully saturated rings. The van der Waals surface area contributed by atoms with Crippen LogP contribution in [0.4, 0.5) is 0 Å². The van der Waals surface area contributed by atoms with Gasteiger partial charge in [-0.1, -0.05) is 15.9 Å². The number of ether oxygens (including phenoxy) is 1. The molecule has 1 atom stereocenters. The molecular weight excluding hydrogens is 334 g/mol. The van der Waals surface area contributed by atoms with Gasteiger partial charge < -0.3 is 10.5 Å². The molecule has 2 nitrogen and oxygen atoms in total. The Bertz CT molecular complexity index is 658. The Morgan fingerprint density at radius 1 is 1.15 bits per heavy atom. The summed E-state index contributed by atoms with van der Waals surface area (Å²) in [7, 11) is 0. The number of benzene rings is 1. The number of hydrogen-bond acceptors (Lipinski definition) is 3. The predicted octanol–water partition coefficient (Wildman–Crippen LogP) is 3.98. The predicted molar refractivity (Wildman–Crippen MR) is 85.7 cm³/mol. The van der Waals surface area contributed by atoms with E-state index in [-0.39, 0.29) is 6.04 Å². The first kappa shape index (κ1) is 12.9. The molecule has 104 valence electrons. The Morgan fingerprint density at radius 2 is 2.05 bits per heavy atom. The summed E-state index contributed by atoms with van der Waals surface area (Å²) in [6.07, 6.45) is 4.72. The normalized spacial score (nSPS) is 17.7. The van der Waals surface area contributed by atoms with Gasteiger partial charge in [-0.2, -0.15) is 0 Å². The van der Waals surface area contributed by atoms with Crippen LogP contribution in [0.5, 0.6) is 5.75 Å². The van der Waals surface area contributed by atoms with Crippen LogP contribution in [0.1, 0.15) is 38.9 Å². The van der Waals surface area contributed by atoms with Crippen molar-refractivity contribution in [1.82, 2.24) is 0 Å². The second-order valence-electron chi connectivity index (χ2n) is 5.51. The minimum absolute atomic E-state index is 0.0741. The van der Waals surface area contributed by atoms with Crippen molar-refractivity contribution in [3.63, 3.8) is 0 Å². The first-order chi connectivity index (χ1) is 9.72. The number of rotatable bonds is 2. The molecule has 2 aliphatic rings. The first-order valence-electron chi connectivity index (χ1n) is 7.04. The largest absolute Gasteiger partial charge is 0.493 e. The fourth-order valence-corrected chi connectivity index (χ4v) is 4.99. The van der Waals surface area contributed by atoms with Gasteiger partial charge >= 0.3 is 0 Å². The van der Waals surface area contributed by atoms with Gasteiger partial charge in [0.1, 0.15) is 5.75 Å². The molecule has 2 N–H and O–H groups in total. The van der Waals surface area contributed by atoms with E-state index in [0.717, 1.165) is 28.8 Å². The van der Waals surface area contributed by atoms with E-state index in [0.29, 0.717) is 0 Å². The van der Waals surface area contributed by atoms with Crippen molar-refractivity contribution in [2.24, 2.45) is 5.73 Å². The van der Waals surface area contributed by atoms with E-state index in [1.54, 1.807) is 0 Å². The number of aryl methyl sites for hydroxylation is 2. The molecule has 0 amide bonds. The fourth-order valence-electron chi connectivity index (χ4n) is 3.19. The third-order valence-corrected chi connectivity index (χ3v) is 5.96. The molecule has 1 aromatic heterocycles. The second kappa shape index (κ2) is 4.86. The van der Waals surface area contributed by atoms with E-state index in [2.05, 4.69) is 34.1 Å². The monoisotopic (exact) mass is 349 g/mol. The molecule has 2 aromatic rings. The first-order valence-corrected chi connectivity index (χ1v) is 8.65. The summed E-state index contributed by atoms with van der Waals surface area (Å²) in [5.74, 6) is 1.01. The van der Waals surface area contributed by atoms with E-state index in [1.807, 2.05) is 11.3 Å². The highest BCUT2D eigenvalue weighted by molar-refractivity contribution is 9.10. The standard InChI is InChI=1S/C16H16BrNOS/c17-11-6-10-4-5-19-16(10)12(8-11)15(18)14-7-9-2-1-3-13(9)20-14/h6-8,15H,1-5,18H2. The summed E-state index contributed by atoms with van der Waals surface area (Å²) >= 11 is 5.47. The van der Waals surface area contributed by atoms with Gasteiger partial charge in [-0.25, -0.2) is 0 Å². The van der Waals surface area contributed by atoms with Crippen molar-refractivity contribution in [1.29, 1.82) is 0 Å². The van der Waals surface area contributed by atoms with E-state index >= 15 is 0 Å². The molecular formula is C16H16BrNOS. The lowest BCUT2D eigenvalue weighted by molar-refractivity contribution is 0.352. The Hall–Kier alpha value is -0.840. The van der Waals surface area contributed by atoms with Gasteiger partial charge in [0.05, 0.1) is 12.6 Å². The molecule has 4 rings (SSSR count). The molecule has 0 radical (unpaired) electrons. The zero-order chi connectivity index (χ0) is 13.7. The van der Waals surface area contributed by atoms with Crippen molar-refractivity contribution >= 4 is 27.3 Å². The lowest BCUT2D eigenvalue weighted by Crippen LogP contribution is -2.11. The average Bonchev–Trinajstić information content (AvgIpc) is 3.10. The van der Waals surface area contributed by atoms with Crippen LogP contribution in [0.3, 0.4) is 0 Å². The van der Waals surface area contributed by atoms with Gasteiger partial charge in [0.15, 0.2) is 0 Å². The molecule has 20 heavy (non-hydrogen) atoms. The SMILES string of the molecule is NC(c1cc2c(s1)CCC2)c1cc(Br)cc2c1OCC2. The van der Waals surface area contributed by atoms with Crippen LogP contribution < -0.4 is 10.5 Å². The highest BCUT2D eigenvalue weighted by Crippen LogP contribution is 2.41. The van der Waals surface area contributed by atoms with E-state index in [4.69, 9.17) is 10.5 Å². The Kier molecular flexibility index (Phi) is 3.13. The maximum atomic E-state index is 6.53. The molecule has 1 aromatic carbocycles. The molecule has 0 spiro atoms. The highest BCUT2D eigenvalue weighted by Gasteiger charge is 2.25. The van der Waals surface area contributed by atoms with Gasteiger partial charge in [-0.05, 0) is 48.6 Å². The zero-order valence-corrected chi connectivity index (χ0v) is 13.5. The van der Waals surface area contributed by atoms with Gasteiger partial charge in [0.2, 0.25) is 0 Å². The van der Waals surface area contributed by atoms with E-state index in [1.165, 1.54) is 40.1 Å². The third-order valence-electron chi connectivity index (χ3n) is 4.18. The lowest BCUT2D eigenvalue weighted by atomic mass is 10.0. The average molecular weight is 350 g/mol. The van der Waals surface area contributed by atoms with Crippen LogP contribution in [-0.4, -0.2) is 6.61 Å². The second-order valence-corrected chi connectivity index (χ2v) is 7.59. The summed E-state index contributed by atoms with van der Waals surface area (Å²) in [6.45, 7) is 0.770. The number of nitrogens with two attached hydrogens (primary N) is 1. The van der Waals surface area contributed by atoms with Crippen LogP contribution in [0.15, 0.2) is 22.7 Å². The summed E-state index contributed by atoms with van der Waals surface area (Å²) in [4.78, 5) is 2.80. The minimum Gasteiger partial charge on any atom is -0.493 e. The molecule has 1 unspecified atom stereocenters. The van der Waals surface area contributed by atoms with Crippen molar-refractivity contribution in [3.8, 4) is 5.75 Å². The van der Waals surface area contributed by atoms with E-state index < -0.39 is 0 Å². The molecule has 0 saturated carbocycles. The van der Waals surface area contributed by atoms with Gasteiger partial charge in [-0.15, -0.1) is 11.3 Å². The van der Waals surface area contributed by atoms with Gasteiger partial charge in [0.25, 0.3) is 0 Å². The van der Waals surface area contributed by atoms with Crippen LogP contribution in [0, 0.1) is 0 Å². The number of fused-ring (bicyclic) bond motifs is 2. The number of hydrogen-bond donors (Lipinski definition) is 1. The minimum atomic E-state index is -0.0741. The Labute approximate surface area is 131 Å². The van der Waals surface area contributed by atoms with Crippen molar-refractivity contribution in [2.45, 2.75) is 31.7 Å². The molecule has 0 bridgehead atoms. The van der Waals surface area contributed by atoms with Crippen LogP contribution in [0.2, 0.25) is 0 Å². The molecule has 0 saturated heterocycles. The smallest absolute Gasteiger partial charge is 0.127 e. The maximum Gasteiger partial charge on any atom is 0.127 e. The topological polar surface area (TPSA) is 35.2 Å². The summed E-state index contributed by atoms with van der Waals surface area (Å²) in [6, 6.07) is 6.49. The third kappa shape index (κ3) is 2.01. The van der Waals surface area contributed by atoms with Crippen LogP contribution in [-0.2, 0) is 19.3 Å². The maximum absolute atomic E-state index is 6.53. The van der Waals surface area contributed by atoms with Gasteiger partial charge in [0, 0.05) is 26.2 Å². The zero-order valence-electron chi connectivity index (χ0n) is 11.1. The Morgan fingerprint density at radius 3 is 2.90 bits per heavy atom. The lowest BCUT2D eigenvalue weighted by Gasteiger charge is -2.15. The Balaban J connectivity index is 1.76. The molecule has 2 heterocycles. The molecule has 1 aliphatic heterocycles. The fraction of sp³-hybridized carbons (Fsp3) is 0.375. The summed E-state index contributed by atoms with van der Waals surface area (Å²) in [5, 5.41) is 0.